The van der Waals surface area contributed by atoms with Crippen molar-refractivity contribution in [2.24, 2.45) is 0 Å². The second kappa shape index (κ2) is 9.39. The Morgan fingerprint density at radius 1 is 1.37 bits per heavy atom. The minimum atomic E-state index is -0.173. The van der Waals surface area contributed by atoms with Gasteiger partial charge in [-0.05, 0) is 18.6 Å². The van der Waals surface area contributed by atoms with Crippen LogP contribution in [0.25, 0.3) is 0 Å². The lowest BCUT2D eigenvalue weighted by Crippen LogP contribution is -2.23. The van der Waals surface area contributed by atoms with Gasteiger partial charge < -0.3 is 5.32 Å². The molecule has 0 atom stereocenters. The summed E-state index contributed by atoms with van der Waals surface area (Å²) in [4.78, 5) is 11.3. The molecule has 0 unspecified atom stereocenters. The molecule has 102 valence electrons. The Labute approximate surface area is 117 Å². The van der Waals surface area contributed by atoms with E-state index in [1.54, 1.807) is 36.0 Å². The van der Waals surface area contributed by atoms with Crippen LogP contribution in [0.2, 0.25) is 0 Å². The Morgan fingerprint density at radius 3 is 2.89 bits per heavy atom. The first kappa shape index (κ1) is 15.5. The molecule has 0 aliphatic carbocycles. The number of hydrogen-bond donors (Lipinski definition) is 1. The minimum Gasteiger partial charge on any atom is -0.352 e. The van der Waals surface area contributed by atoms with Crippen LogP contribution in [0.5, 0.6) is 0 Å². The van der Waals surface area contributed by atoms with E-state index in [1.807, 2.05) is 19.1 Å². The van der Waals surface area contributed by atoms with Gasteiger partial charge in [0, 0.05) is 24.1 Å². The van der Waals surface area contributed by atoms with E-state index in [9.17, 15) is 9.18 Å². The quantitative estimate of drug-likeness (QED) is 0.471. The normalized spacial score (nSPS) is 11.3. The number of carbonyl (C=O) groups is 1. The molecule has 1 aromatic rings. The molecular weight excluding hydrogens is 261 g/mol. The van der Waals surface area contributed by atoms with Crippen molar-refractivity contribution in [1.29, 1.82) is 0 Å². The van der Waals surface area contributed by atoms with Gasteiger partial charge in [0.25, 0.3) is 0 Å². The molecular formula is C15H18FNOS. The van der Waals surface area contributed by atoms with Crippen LogP contribution in [0, 0.1) is 5.82 Å². The molecule has 0 bridgehead atoms. The predicted molar refractivity (Wildman–Crippen MR) is 79.5 cm³/mol. The molecule has 0 heterocycles. The Hall–Kier alpha value is -1.55. The van der Waals surface area contributed by atoms with Crippen molar-refractivity contribution in [3.8, 4) is 0 Å². The predicted octanol–water partition coefficient (Wildman–Crippen LogP) is 3.31. The highest BCUT2D eigenvalue weighted by atomic mass is 32.2. The van der Waals surface area contributed by atoms with E-state index in [2.05, 4.69) is 5.32 Å². The van der Waals surface area contributed by atoms with Crippen molar-refractivity contribution in [3.63, 3.8) is 0 Å². The van der Waals surface area contributed by atoms with Gasteiger partial charge in [0.2, 0.25) is 5.91 Å². The van der Waals surface area contributed by atoms with Gasteiger partial charge in [-0.15, -0.1) is 0 Å². The van der Waals surface area contributed by atoms with Crippen LogP contribution in [0.3, 0.4) is 0 Å². The number of carbonyl (C=O) groups excluding carboxylic acids is 1. The topological polar surface area (TPSA) is 29.1 Å². The van der Waals surface area contributed by atoms with Crippen LogP contribution < -0.4 is 5.32 Å². The summed E-state index contributed by atoms with van der Waals surface area (Å²) in [5.41, 5.74) is 0.701. The van der Waals surface area contributed by atoms with Gasteiger partial charge in [0.05, 0.1) is 0 Å². The summed E-state index contributed by atoms with van der Waals surface area (Å²) in [7, 11) is 0. The van der Waals surface area contributed by atoms with E-state index < -0.39 is 0 Å². The lowest BCUT2D eigenvalue weighted by atomic mass is 10.2. The lowest BCUT2D eigenvalue weighted by molar-refractivity contribution is -0.116. The molecule has 19 heavy (non-hydrogen) atoms. The van der Waals surface area contributed by atoms with Crippen LogP contribution in [-0.2, 0) is 10.5 Å². The minimum absolute atomic E-state index is 0.107. The van der Waals surface area contributed by atoms with Gasteiger partial charge >= 0.3 is 0 Å². The number of halogens is 1. The lowest BCUT2D eigenvalue weighted by Gasteiger charge is -2.04. The van der Waals surface area contributed by atoms with E-state index in [0.29, 0.717) is 17.9 Å². The van der Waals surface area contributed by atoms with Crippen molar-refractivity contribution >= 4 is 17.7 Å². The highest BCUT2D eigenvalue weighted by Crippen LogP contribution is 2.14. The summed E-state index contributed by atoms with van der Waals surface area (Å²) in [5.74, 6) is 1.10. The third-order valence-corrected chi connectivity index (χ3v) is 3.32. The smallest absolute Gasteiger partial charge is 0.244 e. The Kier molecular flexibility index (Phi) is 7.66. The molecule has 2 nitrogen and oxygen atoms in total. The maximum atomic E-state index is 13.3. The zero-order valence-electron chi connectivity index (χ0n) is 10.9. The van der Waals surface area contributed by atoms with E-state index in [0.717, 1.165) is 5.75 Å². The molecule has 0 saturated carbocycles. The fraction of sp³-hybridized carbons (Fsp3) is 0.267. The molecule has 1 aromatic carbocycles. The maximum Gasteiger partial charge on any atom is 0.244 e. The largest absolute Gasteiger partial charge is 0.352 e. The molecule has 1 rings (SSSR count). The summed E-state index contributed by atoms with van der Waals surface area (Å²) >= 11 is 1.60. The summed E-state index contributed by atoms with van der Waals surface area (Å²) in [6, 6.07) is 6.75. The summed E-state index contributed by atoms with van der Waals surface area (Å²) in [5, 5.41) is 2.77. The molecule has 0 spiro atoms. The van der Waals surface area contributed by atoms with Gasteiger partial charge in [-0.1, -0.05) is 36.4 Å². The number of hydrogen-bond acceptors (Lipinski definition) is 2. The van der Waals surface area contributed by atoms with Crippen LogP contribution in [0.4, 0.5) is 4.39 Å². The number of rotatable bonds is 7. The fourth-order valence-corrected chi connectivity index (χ4v) is 2.20. The monoisotopic (exact) mass is 279 g/mol. The number of allylic oxidation sites excluding steroid dienone is 3. The molecule has 0 aliphatic rings. The summed E-state index contributed by atoms with van der Waals surface area (Å²) in [6.07, 6.45) is 6.84. The first-order chi connectivity index (χ1) is 9.24. The van der Waals surface area contributed by atoms with E-state index in [-0.39, 0.29) is 11.7 Å². The second-order valence-corrected chi connectivity index (χ2v) is 4.93. The zero-order chi connectivity index (χ0) is 13.9. The number of benzene rings is 1. The van der Waals surface area contributed by atoms with Gasteiger partial charge in [0.1, 0.15) is 5.82 Å². The average molecular weight is 279 g/mol. The van der Waals surface area contributed by atoms with Crippen LogP contribution in [0.15, 0.2) is 48.6 Å². The van der Waals surface area contributed by atoms with Crippen LogP contribution in [0.1, 0.15) is 12.5 Å². The first-order valence-electron chi connectivity index (χ1n) is 6.12. The number of nitrogens with one attached hydrogen (secondary N) is 1. The number of amides is 1. The molecule has 1 amide bonds. The first-order valence-corrected chi connectivity index (χ1v) is 7.28. The molecule has 0 aliphatic heterocycles. The summed E-state index contributed by atoms with van der Waals surface area (Å²) < 4.78 is 13.3. The Bertz CT molecular complexity index is 457. The fourth-order valence-electron chi connectivity index (χ4n) is 1.36. The molecule has 0 radical (unpaired) electrons. The van der Waals surface area contributed by atoms with Gasteiger partial charge in [-0.2, -0.15) is 11.8 Å². The van der Waals surface area contributed by atoms with Gasteiger partial charge in [-0.3, -0.25) is 4.79 Å². The van der Waals surface area contributed by atoms with Crippen molar-refractivity contribution in [3.05, 3.63) is 60.0 Å². The van der Waals surface area contributed by atoms with Crippen LogP contribution >= 0.6 is 11.8 Å². The molecule has 4 heteroatoms. The molecule has 0 aromatic heterocycles. The number of thioether (sulfide) groups is 1. The maximum absolute atomic E-state index is 13.3. The molecule has 0 fully saturated rings. The Balaban J connectivity index is 2.15. The van der Waals surface area contributed by atoms with Crippen molar-refractivity contribution in [1.82, 2.24) is 5.32 Å². The zero-order valence-corrected chi connectivity index (χ0v) is 11.8. The highest BCUT2D eigenvalue weighted by Gasteiger charge is 2.00. The Morgan fingerprint density at radius 2 is 2.16 bits per heavy atom. The summed E-state index contributed by atoms with van der Waals surface area (Å²) in [6.45, 7) is 2.47. The second-order valence-electron chi connectivity index (χ2n) is 3.82. The van der Waals surface area contributed by atoms with Crippen molar-refractivity contribution < 1.29 is 9.18 Å². The van der Waals surface area contributed by atoms with E-state index in [1.165, 1.54) is 12.1 Å². The van der Waals surface area contributed by atoms with Gasteiger partial charge in [0.15, 0.2) is 0 Å². The molecule has 1 N–H and O–H groups in total. The SMILES string of the molecule is CC=CC=CC(=O)NCCSCc1ccccc1F. The van der Waals surface area contributed by atoms with E-state index in [4.69, 9.17) is 0 Å². The third-order valence-electron chi connectivity index (χ3n) is 2.31. The average Bonchev–Trinajstić information content (AvgIpc) is 2.41. The van der Waals surface area contributed by atoms with Crippen molar-refractivity contribution in [2.45, 2.75) is 12.7 Å². The van der Waals surface area contributed by atoms with Gasteiger partial charge in [-0.25, -0.2) is 4.39 Å². The van der Waals surface area contributed by atoms with Crippen LogP contribution in [-0.4, -0.2) is 18.2 Å². The standard InChI is InChI=1S/C15H18FNOS/c1-2-3-4-9-15(18)17-10-11-19-12-13-7-5-6-8-14(13)16/h2-9H,10-12H2,1H3,(H,17,18). The van der Waals surface area contributed by atoms with E-state index >= 15 is 0 Å². The van der Waals surface area contributed by atoms with Crippen molar-refractivity contribution in [2.75, 3.05) is 12.3 Å². The third kappa shape index (κ3) is 6.82. The highest BCUT2D eigenvalue weighted by molar-refractivity contribution is 7.98. The molecule has 0 saturated heterocycles.